The van der Waals surface area contributed by atoms with Crippen molar-refractivity contribution in [1.29, 1.82) is 0 Å². The van der Waals surface area contributed by atoms with Crippen LogP contribution in [0, 0.1) is 0 Å². The predicted molar refractivity (Wildman–Crippen MR) is 114 cm³/mol. The van der Waals surface area contributed by atoms with Gasteiger partial charge in [0.15, 0.2) is 0 Å². The first-order valence-corrected chi connectivity index (χ1v) is 9.92. The highest BCUT2D eigenvalue weighted by molar-refractivity contribution is 5.51. The van der Waals surface area contributed by atoms with Crippen LogP contribution in [0.3, 0.4) is 0 Å². The number of morpholine rings is 1. The monoisotopic (exact) mass is 390 g/mol. The van der Waals surface area contributed by atoms with Gasteiger partial charge in [0.2, 0.25) is 0 Å². The predicted octanol–water partition coefficient (Wildman–Crippen LogP) is 3.84. The third-order valence-electron chi connectivity index (χ3n) is 5.05. The average molecular weight is 390 g/mol. The molecule has 3 aromatic rings. The van der Waals surface area contributed by atoms with E-state index in [4.69, 9.17) is 14.5 Å². The summed E-state index contributed by atoms with van der Waals surface area (Å²) in [4.78, 5) is 11.5. The van der Waals surface area contributed by atoms with Crippen LogP contribution in [0.15, 0.2) is 66.9 Å². The molecule has 0 radical (unpaired) electrons. The Hall–Kier alpha value is -2.96. The van der Waals surface area contributed by atoms with Gasteiger partial charge in [0, 0.05) is 25.8 Å². The van der Waals surface area contributed by atoms with Crippen LogP contribution in [0.2, 0.25) is 0 Å². The minimum absolute atomic E-state index is 0.0231. The fourth-order valence-corrected chi connectivity index (χ4v) is 3.43. The fourth-order valence-electron chi connectivity index (χ4n) is 3.43. The van der Waals surface area contributed by atoms with Gasteiger partial charge in [-0.1, -0.05) is 24.3 Å². The summed E-state index contributed by atoms with van der Waals surface area (Å²) in [6.07, 6.45) is 2.74. The van der Waals surface area contributed by atoms with Crippen molar-refractivity contribution in [3.8, 4) is 5.75 Å². The number of nitrogens with zero attached hydrogens (tertiary/aromatic N) is 3. The molecule has 1 aromatic carbocycles. The molecule has 0 bridgehead atoms. The van der Waals surface area contributed by atoms with Crippen LogP contribution in [-0.4, -0.2) is 48.2 Å². The molecule has 6 nitrogen and oxygen atoms in total. The van der Waals surface area contributed by atoms with E-state index in [0.29, 0.717) is 6.61 Å². The number of benzene rings is 1. The molecule has 0 saturated carbocycles. The Morgan fingerprint density at radius 2 is 1.93 bits per heavy atom. The molecule has 0 unspecified atom stereocenters. The zero-order valence-corrected chi connectivity index (χ0v) is 16.6. The largest absolute Gasteiger partial charge is 0.497 e. The highest BCUT2D eigenvalue weighted by atomic mass is 16.5. The van der Waals surface area contributed by atoms with Crippen LogP contribution in [0.4, 0.5) is 11.6 Å². The summed E-state index contributed by atoms with van der Waals surface area (Å²) in [6.45, 7) is 3.50. The molecule has 29 heavy (non-hydrogen) atoms. The molecule has 1 atom stereocenters. The molecule has 1 aliphatic heterocycles. The third-order valence-corrected chi connectivity index (χ3v) is 5.05. The molecule has 3 heterocycles. The van der Waals surface area contributed by atoms with Crippen molar-refractivity contribution in [1.82, 2.24) is 14.9 Å². The van der Waals surface area contributed by atoms with Gasteiger partial charge in [-0.3, -0.25) is 4.90 Å². The summed E-state index contributed by atoms with van der Waals surface area (Å²) in [7, 11) is 1.69. The lowest BCUT2D eigenvalue weighted by Crippen LogP contribution is -2.39. The van der Waals surface area contributed by atoms with Gasteiger partial charge in [0.05, 0.1) is 19.4 Å². The van der Waals surface area contributed by atoms with E-state index in [1.807, 2.05) is 48.5 Å². The third kappa shape index (κ3) is 5.31. The standard InChI is InChI=1S/C23H26N4O2/c1-28-19-10-8-18(9-11-19)12-14-27-15-16-29-21(17-27)20-5-4-7-23(25-20)26-22-6-2-3-13-24-22/h2-11,13,21H,12,14-17H2,1H3,(H,24,25,26)/t21-/m1/s1. The molecule has 150 valence electrons. The average Bonchev–Trinajstić information content (AvgIpc) is 2.79. The summed E-state index contributed by atoms with van der Waals surface area (Å²) in [5.74, 6) is 2.45. The number of rotatable bonds is 7. The summed E-state index contributed by atoms with van der Waals surface area (Å²) < 4.78 is 11.2. The van der Waals surface area contributed by atoms with Gasteiger partial charge in [0.1, 0.15) is 23.5 Å². The smallest absolute Gasteiger partial charge is 0.131 e. The minimum Gasteiger partial charge on any atom is -0.497 e. The van der Waals surface area contributed by atoms with E-state index < -0.39 is 0 Å². The number of pyridine rings is 2. The van der Waals surface area contributed by atoms with E-state index in [0.717, 1.165) is 49.1 Å². The van der Waals surface area contributed by atoms with Gasteiger partial charge in [-0.05, 0) is 48.4 Å². The van der Waals surface area contributed by atoms with Gasteiger partial charge in [-0.15, -0.1) is 0 Å². The molecular weight excluding hydrogens is 364 g/mol. The highest BCUT2D eigenvalue weighted by Gasteiger charge is 2.23. The molecule has 6 heteroatoms. The maximum absolute atomic E-state index is 6.02. The van der Waals surface area contributed by atoms with E-state index in [9.17, 15) is 0 Å². The summed E-state index contributed by atoms with van der Waals surface area (Å²) >= 11 is 0. The number of methoxy groups -OCH3 is 1. The highest BCUT2D eigenvalue weighted by Crippen LogP contribution is 2.23. The van der Waals surface area contributed by atoms with Gasteiger partial charge in [-0.2, -0.15) is 0 Å². The number of anilines is 2. The van der Waals surface area contributed by atoms with Crippen LogP contribution in [-0.2, 0) is 11.2 Å². The Morgan fingerprint density at radius 1 is 1.07 bits per heavy atom. The van der Waals surface area contributed by atoms with Crippen molar-refractivity contribution in [2.24, 2.45) is 0 Å². The molecular formula is C23H26N4O2. The molecule has 1 N–H and O–H groups in total. The van der Waals surface area contributed by atoms with Gasteiger partial charge in [-0.25, -0.2) is 9.97 Å². The first kappa shape index (κ1) is 19.4. The van der Waals surface area contributed by atoms with Crippen LogP contribution in [0.1, 0.15) is 17.4 Å². The van der Waals surface area contributed by atoms with Crippen LogP contribution in [0.5, 0.6) is 5.75 Å². The van der Waals surface area contributed by atoms with Crippen molar-refractivity contribution in [3.05, 3.63) is 78.1 Å². The maximum atomic E-state index is 6.02. The van der Waals surface area contributed by atoms with Crippen molar-refractivity contribution < 1.29 is 9.47 Å². The molecule has 0 spiro atoms. The van der Waals surface area contributed by atoms with Crippen molar-refractivity contribution >= 4 is 11.6 Å². The zero-order valence-electron chi connectivity index (χ0n) is 16.6. The molecule has 1 aliphatic rings. The topological polar surface area (TPSA) is 59.5 Å². The molecule has 2 aromatic heterocycles. The van der Waals surface area contributed by atoms with Gasteiger partial charge < -0.3 is 14.8 Å². The number of aromatic nitrogens is 2. The summed E-state index contributed by atoms with van der Waals surface area (Å²) in [5.41, 5.74) is 2.26. The number of hydrogen-bond donors (Lipinski definition) is 1. The molecule has 4 rings (SSSR count). The quantitative estimate of drug-likeness (QED) is 0.661. The first-order valence-electron chi connectivity index (χ1n) is 9.92. The van der Waals surface area contributed by atoms with Crippen molar-refractivity contribution in [3.63, 3.8) is 0 Å². The SMILES string of the molecule is COc1ccc(CCN2CCO[C@@H](c3cccc(Nc4ccccn4)n3)C2)cc1. The number of hydrogen-bond acceptors (Lipinski definition) is 6. The fraction of sp³-hybridized carbons (Fsp3) is 0.304. The van der Waals surface area contributed by atoms with Gasteiger partial charge in [0.25, 0.3) is 0 Å². The Kier molecular flexibility index (Phi) is 6.34. The number of nitrogens with one attached hydrogen (secondary N) is 1. The van der Waals surface area contributed by atoms with Crippen molar-refractivity contribution in [2.75, 3.05) is 38.7 Å². The Morgan fingerprint density at radius 3 is 2.72 bits per heavy atom. The first-order chi connectivity index (χ1) is 14.3. The van der Waals surface area contributed by atoms with Crippen LogP contribution >= 0.6 is 0 Å². The second-order valence-corrected chi connectivity index (χ2v) is 7.05. The second kappa shape index (κ2) is 9.49. The molecule has 1 saturated heterocycles. The van der Waals surface area contributed by atoms with E-state index in [-0.39, 0.29) is 6.10 Å². The normalized spacial score (nSPS) is 17.1. The summed E-state index contributed by atoms with van der Waals surface area (Å²) in [6, 6.07) is 20.0. The zero-order chi connectivity index (χ0) is 19.9. The lowest BCUT2D eigenvalue weighted by atomic mass is 10.1. The lowest BCUT2D eigenvalue weighted by molar-refractivity contribution is -0.0315. The lowest BCUT2D eigenvalue weighted by Gasteiger charge is -2.32. The van der Waals surface area contributed by atoms with Crippen LogP contribution in [0.25, 0.3) is 0 Å². The maximum Gasteiger partial charge on any atom is 0.131 e. The van der Waals surface area contributed by atoms with Crippen molar-refractivity contribution in [2.45, 2.75) is 12.5 Å². The van der Waals surface area contributed by atoms with E-state index in [1.54, 1.807) is 13.3 Å². The molecule has 0 amide bonds. The van der Waals surface area contributed by atoms with Gasteiger partial charge >= 0.3 is 0 Å². The second-order valence-electron chi connectivity index (χ2n) is 7.05. The van der Waals surface area contributed by atoms with Crippen LogP contribution < -0.4 is 10.1 Å². The molecule has 1 fully saturated rings. The van der Waals surface area contributed by atoms with E-state index in [1.165, 1.54) is 5.56 Å². The van der Waals surface area contributed by atoms with E-state index in [2.05, 4.69) is 27.3 Å². The Labute approximate surface area is 171 Å². The Bertz CT molecular complexity index is 902. The Balaban J connectivity index is 1.35. The molecule has 0 aliphatic carbocycles. The summed E-state index contributed by atoms with van der Waals surface area (Å²) in [5, 5.41) is 3.25. The number of ether oxygens (including phenoxy) is 2. The minimum atomic E-state index is -0.0231. The van der Waals surface area contributed by atoms with E-state index >= 15 is 0 Å².